The third kappa shape index (κ3) is 3.97. The van der Waals surface area contributed by atoms with Crippen LogP contribution in [-0.2, 0) is 7.05 Å². The van der Waals surface area contributed by atoms with Crippen molar-refractivity contribution in [3.05, 3.63) is 75.8 Å². The van der Waals surface area contributed by atoms with E-state index in [0.29, 0.717) is 30.0 Å². The normalized spacial score (nSPS) is 14.5. The molecule has 2 heterocycles. The van der Waals surface area contributed by atoms with Gasteiger partial charge in [0.15, 0.2) is 0 Å². The molecule has 6 heteroatoms. The van der Waals surface area contributed by atoms with Crippen LogP contribution in [0, 0.1) is 24.1 Å². The fraction of sp³-hybridized carbons (Fsp3) is 0.280. The lowest BCUT2D eigenvalue weighted by atomic mass is 9.96. The Hall–Kier alpha value is -3.43. The first-order valence-corrected chi connectivity index (χ1v) is 10.4. The smallest absolute Gasteiger partial charge is 0.274 e. The van der Waals surface area contributed by atoms with E-state index in [1.165, 1.54) is 12.1 Å². The summed E-state index contributed by atoms with van der Waals surface area (Å²) >= 11 is 0. The molecule has 2 aromatic carbocycles. The van der Waals surface area contributed by atoms with Crippen LogP contribution in [0.25, 0.3) is 22.4 Å². The van der Waals surface area contributed by atoms with Gasteiger partial charge in [0.1, 0.15) is 17.6 Å². The quantitative estimate of drug-likeness (QED) is 0.701. The minimum atomic E-state index is -0.575. The second-order valence-corrected chi connectivity index (χ2v) is 8.15. The van der Waals surface area contributed by atoms with Crippen molar-refractivity contribution in [1.29, 1.82) is 5.26 Å². The molecule has 5 nitrogen and oxygen atoms in total. The summed E-state index contributed by atoms with van der Waals surface area (Å²) in [5, 5.41) is 9.10. The second kappa shape index (κ2) is 8.37. The highest BCUT2D eigenvalue weighted by atomic mass is 19.1. The molecule has 158 valence electrons. The Morgan fingerprint density at radius 2 is 1.71 bits per heavy atom. The number of nitrogens with zero attached hydrogens (tertiary/aromatic N) is 3. The summed E-state index contributed by atoms with van der Waals surface area (Å²) in [5.74, 6) is -0.575. The van der Waals surface area contributed by atoms with Gasteiger partial charge >= 0.3 is 0 Å². The molecule has 3 aromatic rings. The van der Waals surface area contributed by atoms with E-state index in [1.807, 2.05) is 43.3 Å². The molecule has 31 heavy (non-hydrogen) atoms. The van der Waals surface area contributed by atoms with E-state index >= 15 is 0 Å². The number of hydrogen-bond donors (Lipinski definition) is 1. The van der Waals surface area contributed by atoms with Gasteiger partial charge in [-0.2, -0.15) is 5.26 Å². The van der Waals surface area contributed by atoms with Gasteiger partial charge in [-0.25, -0.2) is 4.39 Å². The van der Waals surface area contributed by atoms with Crippen molar-refractivity contribution in [3.63, 3.8) is 0 Å². The first-order chi connectivity index (χ1) is 14.9. The van der Waals surface area contributed by atoms with Crippen LogP contribution < -0.4 is 16.2 Å². The maximum absolute atomic E-state index is 14.5. The number of pyridine rings is 1. The molecule has 2 N–H and O–H groups in total. The Morgan fingerprint density at radius 1 is 1.06 bits per heavy atom. The lowest BCUT2D eigenvalue weighted by molar-refractivity contribution is 0.499. The van der Waals surface area contributed by atoms with Gasteiger partial charge in [-0.05, 0) is 49.1 Å². The zero-order valence-corrected chi connectivity index (χ0v) is 17.7. The minimum absolute atomic E-state index is 0.00398. The summed E-state index contributed by atoms with van der Waals surface area (Å²) in [6.45, 7) is 3.42. The van der Waals surface area contributed by atoms with Crippen molar-refractivity contribution in [2.45, 2.75) is 25.8 Å². The third-order valence-electron chi connectivity index (χ3n) is 6.00. The molecule has 0 saturated carbocycles. The third-order valence-corrected chi connectivity index (χ3v) is 6.00. The minimum Gasteiger partial charge on any atom is -0.367 e. The molecule has 1 fully saturated rings. The molecule has 0 spiro atoms. The number of aryl methyl sites for hydroxylation is 1. The lowest BCUT2D eigenvalue weighted by Crippen LogP contribution is -2.42. The van der Waals surface area contributed by atoms with Crippen molar-refractivity contribution in [2.24, 2.45) is 12.8 Å². The fourth-order valence-electron chi connectivity index (χ4n) is 4.14. The summed E-state index contributed by atoms with van der Waals surface area (Å²) in [5.41, 5.74) is 10.6. The van der Waals surface area contributed by atoms with Gasteiger partial charge in [-0.3, -0.25) is 4.79 Å². The molecule has 0 amide bonds. The summed E-state index contributed by atoms with van der Waals surface area (Å²) in [6, 6.07) is 16.4. The van der Waals surface area contributed by atoms with Crippen molar-refractivity contribution in [1.82, 2.24) is 4.57 Å². The van der Waals surface area contributed by atoms with E-state index in [0.717, 1.165) is 29.5 Å². The highest BCUT2D eigenvalue weighted by Gasteiger charge is 2.23. The summed E-state index contributed by atoms with van der Waals surface area (Å²) in [7, 11) is 1.75. The second-order valence-electron chi connectivity index (χ2n) is 8.15. The molecule has 0 bridgehead atoms. The number of anilines is 1. The van der Waals surface area contributed by atoms with E-state index < -0.39 is 5.82 Å². The number of aromatic nitrogens is 1. The maximum Gasteiger partial charge on any atom is 0.274 e. The van der Waals surface area contributed by atoms with Gasteiger partial charge in [0.05, 0.1) is 11.3 Å². The standard InChI is InChI=1S/C25H25FN4O/c1-16-3-5-17(6-4-16)24-21(18-7-8-19(15-27)22(26)13-18)14-23(25(31)29(24)2)30-11-9-20(28)10-12-30/h3-8,13-14,20H,9-12,28H2,1-2H3. The van der Waals surface area contributed by atoms with Crippen LogP contribution in [0.4, 0.5) is 10.1 Å². The Balaban J connectivity index is 1.95. The van der Waals surface area contributed by atoms with E-state index in [1.54, 1.807) is 17.7 Å². The molecule has 0 unspecified atom stereocenters. The van der Waals surface area contributed by atoms with E-state index in [2.05, 4.69) is 4.90 Å². The molecule has 1 saturated heterocycles. The number of rotatable bonds is 3. The Labute approximate surface area is 181 Å². The average molecular weight is 417 g/mol. The summed E-state index contributed by atoms with van der Waals surface area (Å²) in [4.78, 5) is 15.4. The van der Waals surface area contributed by atoms with Gasteiger partial charge in [0.25, 0.3) is 5.56 Å². The lowest BCUT2D eigenvalue weighted by Gasteiger charge is -2.32. The van der Waals surface area contributed by atoms with Crippen molar-refractivity contribution < 1.29 is 4.39 Å². The van der Waals surface area contributed by atoms with E-state index in [9.17, 15) is 9.18 Å². The van der Waals surface area contributed by atoms with Gasteiger partial charge in [-0.1, -0.05) is 35.9 Å². The highest BCUT2D eigenvalue weighted by Crippen LogP contribution is 2.34. The number of hydrogen-bond acceptors (Lipinski definition) is 4. The SMILES string of the molecule is Cc1ccc(-c2c(-c3ccc(C#N)c(F)c3)cc(N3CCC(N)CC3)c(=O)n2C)cc1. The monoisotopic (exact) mass is 416 g/mol. The fourth-order valence-corrected chi connectivity index (χ4v) is 4.14. The number of benzene rings is 2. The van der Waals surface area contributed by atoms with Crippen LogP contribution in [0.2, 0.25) is 0 Å². The number of nitriles is 1. The predicted molar refractivity (Wildman–Crippen MR) is 121 cm³/mol. The van der Waals surface area contributed by atoms with Gasteiger partial charge in [-0.15, -0.1) is 0 Å². The average Bonchev–Trinajstić information content (AvgIpc) is 2.77. The van der Waals surface area contributed by atoms with Crippen LogP contribution in [0.3, 0.4) is 0 Å². The molecule has 1 aromatic heterocycles. The van der Waals surface area contributed by atoms with Gasteiger partial charge < -0.3 is 15.2 Å². The molecular formula is C25H25FN4O. The van der Waals surface area contributed by atoms with Crippen LogP contribution in [0.1, 0.15) is 24.0 Å². The molecule has 4 rings (SSSR count). The van der Waals surface area contributed by atoms with E-state index in [-0.39, 0.29) is 17.2 Å². The molecule has 1 aliphatic rings. The van der Waals surface area contributed by atoms with Crippen LogP contribution >= 0.6 is 0 Å². The Morgan fingerprint density at radius 3 is 2.32 bits per heavy atom. The molecule has 0 aliphatic carbocycles. The zero-order valence-electron chi connectivity index (χ0n) is 17.7. The Bertz CT molecular complexity index is 1220. The zero-order chi connectivity index (χ0) is 22.1. The Kier molecular flexibility index (Phi) is 5.62. The molecule has 0 atom stereocenters. The number of nitrogens with two attached hydrogens (primary N) is 1. The van der Waals surface area contributed by atoms with Crippen molar-refractivity contribution in [2.75, 3.05) is 18.0 Å². The number of halogens is 1. The largest absolute Gasteiger partial charge is 0.367 e. The van der Waals surface area contributed by atoms with Crippen LogP contribution in [0.5, 0.6) is 0 Å². The first kappa shape index (κ1) is 20.8. The van der Waals surface area contributed by atoms with Crippen molar-refractivity contribution >= 4 is 5.69 Å². The van der Waals surface area contributed by atoms with Gasteiger partial charge in [0, 0.05) is 31.7 Å². The van der Waals surface area contributed by atoms with Crippen LogP contribution in [-0.4, -0.2) is 23.7 Å². The summed E-state index contributed by atoms with van der Waals surface area (Å²) < 4.78 is 16.1. The van der Waals surface area contributed by atoms with Crippen molar-refractivity contribution in [3.8, 4) is 28.5 Å². The van der Waals surface area contributed by atoms with E-state index in [4.69, 9.17) is 11.0 Å². The highest BCUT2D eigenvalue weighted by molar-refractivity contribution is 5.83. The predicted octanol–water partition coefficient (Wildman–Crippen LogP) is 3.97. The van der Waals surface area contributed by atoms with Crippen LogP contribution in [0.15, 0.2) is 53.3 Å². The topological polar surface area (TPSA) is 75.1 Å². The maximum atomic E-state index is 14.5. The number of piperidine rings is 1. The molecular weight excluding hydrogens is 391 g/mol. The molecule has 0 radical (unpaired) electrons. The first-order valence-electron chi connectivity index (χ1n) is 10.4. The summed E-state index contributed by atoms with van der Waals surface area (Å²) in [6.07, 6.45) is 1.65. The van der Waals surface area contributed by atoms with Gasteiger partial charge in [0.2, 0.25) is 0 Å². The molecule has 1 aliphatic heterocycles.